The molecule has 0 spiro atoms. The van der Waals surface area contributed by atoms with Crippen LogP contribution in [0.5, 0.6) is 0 Å². The van der Waals surface area contributed by atoms with E-state index in [4.69, 9.17) is 0 Å². The van der Waals surface area contributed by atoms with Crippen molar-refractivity contribution in [3.8, 4) is 0 Å². The molecule has 0 aliphatic carbocycles. The average Bonchev–Trinajstić information content (AvgIpc) is 3.00. The third-order valence-corrected chi connectivity index (χ3v) is 5.49. The lowest BCUT2D eigenvalue weighted by Crippen LogP contribution is -2.49. The van der Waals surface area contributed by atoms with Crippen LogP contribution in [-0.2, 0) is 11.3 Å². The standard InChI is InChI=1S/C19H25N5OS/c1-4-8-24-16(3)20-21-19(24)26-14-18(25)23-11-9-22(10-12-23)17-7-5-6-15(2)13-17/h4-7,13H,1,8-12,14H2,2-3H3. The first-order valence-electron chi connectivity index (χ1n) is 8.81. The molecule has 0 bridgehead atoms. The molecule has 2 heterocycles. The molecule has 1 aliphatic rings. The van der Waals surface area contributed by atoms with Crippen LogP contribution in [0.3, 0.4) is 0 Å². The van der Waals surface area contributed by atoms with E-state index < -0.39 is 0 Å². The van der Waals surface area contributed by atoms with Crippen LogP contribution >= 0.6 is 11.8 Å². The number of carbonyl (C=O) groups is 1. The van der Waals surface area contributed by atoms with Crippen LogP contribution in [0, 0.1) is 13.8 Å². The maximum Gasteiger partial charge on any atom is 0.233 e. The third kappa shape index (κ3) is 4.27. The molecule has 3 rings (SSSR count). The largest absolute Gasteiger partial charge is 0.368 e. The van der Waals surface area contributed by atoms with E-state index in [1.54, 1.807) is 0 Å². The Hall–Kier alpha value is -2.28. The van der Waals surface area contributed by atoms with Crippen molar-refractivity contribution < 1.29 is 4.79 Å². The summed E-state index contributed by atoms with van der Waals surface area (Å²) < 4.78 is 1.97. The number of aromatic nitrogens is 3. The van der Waals surface area contributed by atoms with Crippen molar-refractivity contribution in [2.24, 2.45) is 0 Å². The van der Waals surface area contributed by atoms with E-state index in [9.17, 15) is 4.79 Å². The number of piperazine rings is 1. The molecule has 26 heavy (non-hydrogen) atoms. The molecule has 0 atom stereocenters. The number of hydrogen-bond acceptors (Lipinski definition) is 5. The number of carbonyl (C=O) groups excluding carboxylic acids is 1. The Bertz CT molecular complexity index is 780. The highest BCUT2D eigenvalue weighted by Gasteiger charge is 2.22. The van der Waals surface area contributed by atoms with Crippen molar-refractivity contribution >= 4 is 23.4 Å². The van der Waals surface area contributed by atoms with Gasteiger partial charge in [-0.25, -0.2) is 0 Å². The van der Waals surface area contributed by atoms with E-state index in [2.05, 4.69) is 52.9 Å². The number of hydrogen-bond donors (Lipinski definition) is 0. The Morgan fingerprint density at radius 2 is 2.00 bits per heavy atom. The predicted octanol–water partition coefficient (Wildman–Crippen LogP) is 2.52. The highest BCUT2D eigenvalue weighted by molar-refractivity contribution is 7.99. The number of aryl methyl sites for hydroxylation is 2. The van der Waals surface area contributed by atoms with E-state index in [1.165, 1.54) is 23.0 Å². The van der Waals surface area contributed by atoms with Gasteiger partial charge in [0.2, 0.25) is 5.91 Å². The number of amides is 1. The number of rotatable bonds is 6. The smallest absolute Gasteiger partial charge is 0.233 e. The lowest BCUT2D eigenvalue weighted by Gasteiger charge is -2.36. The first-order valence-corrected chi connectivity index (χ1v) is 9.80. The van der Waals surface area contributed by atoms with Crippen molar-refractivity contribution in [3.05, 3.63) is 48.3 Å². The molecule has 6 nitrogen and oxygen atoms in total. The molecular weight excluding hydrogens is 346 g/mol. The van der Waals surface area contributed by atoms with Gasteiger partial charge in [0, 0.05) is 38.4 Å². The van der Waals surface area contributed by atoms with Crippen LogP contribution in [0.4, 0.5) is 5.69 Å². The highest BCUT2D eigenvalue weighted by atomic mass is 32.2. The van der Waals surface area contributed by atoms with Gasteiger partial charge in [-0.05, 0) is 31.5 Å². The van der Waals surface area contributed by atoms with Crippen molar-refractivity contribution in [1.82, 2.24) is 19.7 Å². The number of allylic oxidation sites excluding steroid dienone is 1. The molecule has 0 saturated carbocycles. The van der Waals surface area contributed by atoms with E-state index in [-0.39, 0.29) is 5.91 Å². The molecule has 0 N–H and O–H groups in total. The zero-order chi connectivity index (χ0) is 18.5. The fraction of sp³-hybridized carbons (Fsp3) is 0.421. The maximum atomic E-state index is 12.6. The first kappa shape index (κ1) is 18.5. The summed E-state index contributed by atoms with van der Waals surface area (Å²) in [5, 5.41) is 9.02. The molecule has 2 aromatic rings. The summed E-state index contributed by atoms with van der Waals surface area (Å²) in [5.74, 6) is 1.39. The number of anilines is 1. The Morgan fingerprint density at radius 3 is 2.69 bits per heavy atom. The van der Waals surface area contributed by atoms with Gasteiger partial charge in [-0.3, -0.25) is 4.79 Å². The van der Waals surface area contributed by atoms with Gasteiger partial charge in [-0.2, -0.15) is 0 Å². The van der Waals surface area contributed by atoms with Gasteiger partial charge in [0.1, 0.15) is 5.82 Å². The average molecular weight is 372 g/mol. The number of thioether (sulfide) groups is 1. The normalized spacial score (nSPS) is 14.5. The summed E-state index contributed by atoms with van der Waals surface area (Å²) in [7, 11) is 0. The lowest BCUT2D eigenvalue weighted by molar-refractivity contribution is -0.128. The van der Waals surface area contributed by atoms with Crippen LogP contribution in [-0.4, -0.2) is 57.5 Å². The Labute approximate surface area is 158 Å². The second kappa shape index (κ2) is 8.40. The minimum atomic E-state index is 0.157. The summed E-state index contributed by atoms with van der Waals surface area (Å²) in [4.78, 5) is 16.8. The summed E-state index contributed by atoms with van der Waals surface area (Å²) in [6.07, 6.45) is 1.81. The van der Waals surface area contributed by atoms with Crippen molar-refractivity contribution in [1.29, 1.82) is 0 Å². The fourth-order valence-electron chi connectivity index (χ4n) is 3.06. The quantitative estimate of drug-likeness (QED) is 0.577. The first-order chi connectivity index (χ1) is 12.6. The predicted molar refractivity (Wildman–Crippen MR) is 106 cm³/mol. The third-order valence-electron chi connectivity index (χ3n) is 4.54. The van der Waals surface area contributed by atoms with E-state index >= 15 is 0 Å². The zero-order valence-corrected chi connectivity index (χ0v) is 16.2. The molecular formula is C19H25N5OS. The van der Waals surface area contributed by atoms with Gasteiger partial charge < -0.3 is 14.4 Å². The Morgan fingerprint density at radius 1 is 1.23 bits per heavy atom. The van der Waals surface area contributed by atoms with Crippen LogP contribution in [0.2, 0.25) is 0 Å². The second-order valence-corrected chi connectivity index (χ2v) is 7.37. The molecule has 138 valence electrons. The van der Waals surface area contributed by atoms with Gasteiger partial charge >= 0.3 is 0 Å². The Kier molecular flexibility index (Phi) is 5.98. The molecule has 7 heteroatoms. The van der Waals surface area contributed by atoms with Gasteiger partial charge in [0.15, 0.2) is 5.16 Å². The van der Waals surface area contributed by atoms with Crippen molar-refractivity contribution in [2.75, 3.05) is 36.8 Å². The van der Waals surface area contributed by atoms with Crippen molar-refractivity contribution in [2.45, 2.75) is 25.5 Å². The molecule has 1 aliphatic heterocycles. The maximum absolute atomic E-state index is 12.6. The van der Waals surface area contributed by atoms with Crippen LogP contribution in [0.15, 0.2) is 42.1 Å². The molecule has 0 radical (unpaired) electrons. The molecule has 1 aromatic carbocycles. The van der Waals surface area contributed by atoms with Gasteiger partial charge in [-0.1, -0.05) is 30.0 Å². The fourth-order valence-corrected chi connectivity index (χ4v) is 3.96. The summed E-state index contributed by atoms with van der Waals surface area (Å²) in [5.41, 5.74) is 2.50. The molecule has 1 aromatic heterocycles. The highest BCUT2D eigenvalue weighted by Crippen LogP contribution is 2.20. The van der Waals surface area contributed by atoms with Gasteiger partial charge in [0.25, 0.3) is 0 Å². The van der Waals surface area contributed by atoms with Crippen LogP contribution < -0.4 is 4.90 Å². The number of benzene rings is 1. The molecule has 1 fully saturated rings. The van der Waals surface area contributed by atoms with Gasteiger partial charge in [-0.15, -0.1) is 16.8 Å². The lowest BCUT2D eigenvalue weighted by atomic mass is 10.2. The summed E-state index contributed by atoms with van der Waals surface area (Å²) >= 11 is 1.45. The zero-order valence-electron chi connectivity index (χ0n) is 15.4. The van der Waals surface area contributed by atoms with E-state index in [1.807, 2.05) is 22.5 Å². The molecule has 1 saturated heterocycles. The summed E-state index contributed by atoms with van der Waals surface area (Å²) in [6.45, 7) is 11.7. The number of nitrogens with zero attached hydrogens (tertiary/aromatic N) is 5. The monoisotopic (exact) mass is 371 g/mol. The second-order valence-electron chi connectivity index (χ2n) is 6.42. The molecule has 1 amide bonds. The summed E-state index contributed by atoms with van der Waals surface area (Å²) in [6, 6.07) is 8.52. The minimum Gasteiger partial charge on any atom is -0.368 e. The Balaban J connectivity index is 1.52. The topological polar surface area (TPSA) is 54.3 Å². The van der Waals surface area contributed by atoms with E-state index in [0.717, 1.165) is 37.2 Å². The molecule has 0 unspecified atom stereocenters. The minimum absolute atomic E-state index is 0.157. The van der Waals surface area contributed by atoms with E-state index in [0.29, 0.717) is 12.3 Å². The van der Waals surface area contributed by atoms with Crippen molar-refractivity contribution in [3.63, 3.8) is 0 Å². The van der Waals surface area contributed by atoms with Crippen LogP contribution in [0.25, 0.3) is 0 Å². The van der Waals surface area contributed by atoms with Gasteiger partial charge in [0.05, 0.1) is 5.75 Å². The SMILES string of the molecule is C=CCn1c(C)nnc1SCC(=O)N1CCN(c2cccc(C)c2)CC1. The van der Waals surface area contributed by atoms with Crippen LogP contribution in [0.1, 0.15) is 11.4 Å².